The van der Waals surface area contributed by atoms with Crippen molar-refractivity contribution in [2.45, 2.75) is 25.3 Å². The van der Waals surface area contributed by atoms with Gasteiger partial charge < -0.3 is 15.0 Å². The number of nitrogens with one attached hydrogen (secondary N) is 1. The number of thioether (sulfide) groups is 1. The maximum atomic E-state index is 12.3. The number of rotatable bonds is 8. The Bertz CT molecular complexity index is 617. The predicted molar refractivity (Wildman–Crippen MR) is 104 cm³/mol. The first-order valence-corrected chi connectivity index (χ1v) is 10.2. The fraction of sp³-hybridized carbons (Fsp3) is 0.579. The van der Waals surface area contributed by atoms with Crippen molar-refractivity contribution < 1.29 is 14.3 Å². The highest BCUT2D eigenvalue weighted by molar-refractivity contribution is 8.13. The quantitative estimate of drug-likeness (QED) is 0.754. The van der Waals surface area contributed by atoms with Crippen LogP contribution in [-0.2, 0) is 4.79 Å². The van der Waals surface area contributed by atoms with Crippen molar-refractivity contribution in [2.24, 2.45) is 0 Å². The lowest BCUT2D eigenvalue weighted by Gasteiger charge is -2.28. The number of ether oxygens (including phenoxy) is 1. The lowest BCUT2D eigenvalue weighted by Crippen LogP contribution is -2.38. The van der Waals surface area contributed by atoms with Crippen molar-refractivity contribution in [1.82, 2.24) is 15.1 Å². The molecule has 0 radical (unpaired) electrons. The number of likely N-dealkylation sites (tertiary alicyclic amines) is 1. The highest BCUT2D eigenvalue weighted by Crippen LogP contribution is 2.26. The molecule has 0 bridgehead atoms. The van der Waals surface area contributed by atoms with Gasteiger partial charge in [0.25, 0.3) is 5.24 Å². The van der Waals surface area contributed by atoms with E-state index in [4.69, 9.17) is 4.74 Å². The summed E-state index contributed by atoms with van der Waals surface area (Å²) in [5, 5.41) is 3.16. The molecule has 7 heteroatoms. The molecule has 2 aliphatic heterocycles. The van der Waals surface area contributed by atoms with E-state index >= 15 is 0 Å². The van der Waals surface area contributed by atoms with Crippen LogP contribution in [0.5, 0.6) is 5.75 Å². The molecule has 0 aromatic heterocycles. The van der Waals surface area contributed by atoms with Crippen molar-refractivity contribution >= 4 is 22.9 Å². The van der Waals surface area contributed by atoms with Crippen LogP contribution < -0.4 is 10.1 Å². The summed E-state index contributed by atoms with van der Waals surface area (Å²) in [6, 6.07) is 8.27. The first kappa shape index (κ1) is 19.0. The number of hydrogen-bond donors (Lipinski definition) is 1. The minimum Gasteiger partial charge on any atom is -0.497 e. The van der Waals surface area contributed by atoms with E-state index in [1.54, 1.807) is 12.0 Å². The number of amides is 2. The van der Waals surface area contributed by atoms with Gasteiger partial charge in [-0.15, -0.1) is 0 Å². The molecule has 2 saturated heterocycles. The van der Waals surface area contributed by atoms with Crippen molar-refractivity contribution in [2.75, 3.05) is 45.6 Å². The second-order valence-corrected chi connectivity index (χ2v) is 7.73. The molecule has 26 heavy (non-hydrogen) atoms. The van der Waals surface area contributed by atoms with E-state index in [9.17, 15) is 9.59 Å². The van der Waals surface area contributed by atoms with Gasteiger partial charge in [-0.05, 0) is 43.6 Å². The highest BCUT2D eigenvalue weighted by Gasteiger charge is 2.25. The number of methoxy groups -OCH3 is 1. The molecule has 2 amide bonds. The van der Waals surface area contributed by atoms with Crippen LogP contribution in [0.25, 0.3) is 0 Å². The van der Waals surface area contributed by atoms with Crippen molar-refractivity contribution in [3.05, 3.63) is 29.8 Å². The number of nitrogens with zero attached hydrogens (tertiary/aromatic N) is 2. The van der Waals surface area contributed by atoms with Gasteiger partial charge >= 0.3 is 0 Å². The fourth-order valence-electron chi connectivity index (χ4n) is 3.50. The second-order valence-electron chi connectivity index (χ2n) is 6.69. The van der Waals surface area contributed by atoms with E-state index in [0.29, 0.717) is 19.5 Å². The van der Waals surface area contributed by atoms with Crippen LogP contribution in [0.1, 0.15) is 30.9 Å². The van der Waals surface area contributed by atoms with Gasteiger partial charge in [0.05, 0.1) is 13.2 Å². The molecule has 0 spiro atoms. The highest BCUT2D eigenvalue weighted by atomic mass is 32.2. The van der Waals surface area contributed by atoms with Crippen molar-refractivity contribution in [3.63, 3.8) is 0 Å². The Morgan fingerprint density at radius 1 is 1.23 bits per heavy atom. The van der Waals surface area contributed by atoms with E-state index < -0.39 is 0 Å². The molecule has 2 fully saturated rings. The summed E-state index contributed by atoms with van der Waals surface area (Å²) in [7, 11) is 1.66. The Kier molecular flexibility index (Phi) is 6.80. The standard InChI is InChI=1S/C19H27N3O3S/c1-25-16-6-4-15(5-7-16)17(21-9-2-3-10-21)14-20-18(23)8-11-22-12-13-26-19(22)24/h4-7,17H,2-3,8-14H2,1H3,(H,20,23). The zero-order valence-electron chi connectivity index (χ0n) is 15.3. The second kappa shape index (κ2) is 9.28. The first-order valence-electron chi connectivity index (χ1n) is 9.24. The Morgan fingerprint density at radius 2 is 1.96 bits per heavy atom. The van der Waals surface area contributed by atoms with Gasteiger partial charge in [0, 0.05) is 31.8 Å². The van der Waals surface area contributed by atoms with Gasteiger partial charge in [-0.25, -0.2) is 0 Å². The van der Waals surface area contributed by atoms with Crippen LogP contribution in [0, 0.1) is 0 Å². The Balaban J connectivity index is 1.55. The maximum Gasteiger partial charge on any atom is 0.281 e. The number of carbonyl (C=O) groups excluding carboxylic acids is 2. The summed E-state index contributed by atoms with van der Waals surface area (Å²) < 4.78 is 5.24. The molecule has 142 valence electrons. The van der Waals surface area contributed by atoms with Crippen LogP contribution in [-0.4, -0.2) is 66.5 Å². The number of benzene rings is 1. The van der Waals surface area contributed by atoms with Crippen molar-refractivity contribution in [1.29, 1.82) is 0 Å². The van der Waals surface area contributed by atoms with Gasteiger partial charge in [-0.3, -0.25) is 14.5 Å². The smallest absolute Gasteiger partial charge is 0.281 e. The van der Waals surface area contributed by atoms with E-state index in [2.05, 4.69) is 22.3 Å². The third kappa shape index (κ3) is 4.92. The van der Waals surface area contributed by atoms with E-state index in [-0.39, 0.29) is 17.2 Å². The number of carbonyl (C=O) groups is 2. The molecule has 1 atom stereocenters. The van der Waals surface area contributed by atoms with Gasteiger partial charge in [-0.1, -0.05) is 23.9 Å². The third-order valence-corrected chi connectivity index (χ3v) is 5.92. The largest absolute Gasteiger partial charge is 0.497 e. The SMILES string of the molecule is COc1ccc(C(CNC(=O)CCN2CCSC2=O)N2CCCC2)cc1. The molecule has 2 heterocycles. The zero-order chi connectivity index (χ0) is 18.4. The first-order chi connectivity index (χ1) is 12.7. The Hall–Kier alpha value is -1.73. The van der Waals surface area contributed by atoms with E-state index in [1.807, 2.05) is 12.1 Å². The average molecular weight is 378 g/mol. The molecule has 6 nitrogen and oxygen atoms in total. The molecule has 1 aromatic rings. The van der Waals surface area contributed by atoms with Crippen LogP contribution in [0.15, 0.2) is 24.3 Å². The average Bonchev–Trinajstić information content (AvgIpc) is 3.33. The Morgan fingerprint density at radius 3 is 2.58 bits per heavy atom. The maximum absolute atomic E-state index is 12.3. The Labute approximate surface area is 159 Å². The molecule has 2 aliphatic rings. The molecule has 1 unspecified atom stereocenters. The third-order valence-electron chi connectivity index (χ3n) is 5.03. The van der Waals surface area contributed by atoms with Gasteiger partial charge in [0.15, 0.2) is 0 Å². The van der Waals surface area contributed by atoms with Gasteiger partial charge in [0.1, 0.15) is 5.75 Å². The summed E-state index contributed by atoms with van der Waals surface area (Å²) in [6.45, 7) is 3.97. The fourth-order valence-corrected chi connectivity index (χ4v) is 4.35. The van der Waals surface area contributed by atoms with Crippen molar-refractivity contribution in [3.8, 4) is 5.75 Å². The van der Waals surface area contributed by atoms with Crippen LogP contribution in [0.2, 0.25) is 0 Å². The van der Waals surface area contributed by atoms with E-state index in [1.165, 1.54) is 30.2 Å². The molecule has 0 saturated carbocycles. The molecule has 1 aromatic carbocycles. The summed E-state index contributed by atoms with van der Waals surface area (Å²) in [4.78, 5) is 28.1. The minimum absolute atomic E-state index is 0.00686. The molecular formula is C19H27N3O3S. The van der Waals surface area contributed by atoms with Crippen LogP contribution >= 0.6 is 11.8 Å². The van der Waals surface area contributed by atoms with Gasteiger partial charge in [0.2, 0.25) is 5.91 Å². The van der Waals surface area contributed by atoms with Crippen LogP contribution in [0.4, 0.5) is 4.79 Å². The molecule has 3 rings (SSSR count). The number of hydrogen-bond acceptors (Lipinski definition) is 5. The van der Waals surface area contributed by atoms with E-state index in [0.717, 1.165) is 31.1 Å². The molecular weight excluding hydrogens is 350 g/mol. The summed E-state index contributed by atoms with van der Waals surface area (Å²) in [6.07, 6.45) is 2.77. The summed E-state index contributed by atoms with van der Waals surface area (Å²) in [5.74, 6) is 1.67. The molecule has 0 aliphatic carbocycles. The zero-order valence-corrected chi connectivity index (χ0v) is 16.1. The lowest BCUT2D eigenvalue weighted by atomic mass is 10.1. The summed E-state index contributed by atoms with van der Waals surface area (Å²) >= 11 is 1.33. The predicted octanol–water partition coefficient (Wildman–Crippen LogP) is 2.51. The monoisotopic (exact) mass is 377 g/mol. The summed E-state index contributed by atoms with van der Waals surface area (Å²) in [5.41, 5.74) is 1.19. The topological polar surface area (TPSA) is 61.9 Å². The van der Waals surface area contributed by atoms with Crippen LogP contribution in [0.3, 0.4) is 0 Å². The minimum atomic E-state index is 0.00686. The normalized spacial score (nSPS) is 19.0. The van der Waals surface area contributed by atoms with Gasteiger partial charge in [-0.2, -0.15) is 0 Å². The lowest BCUT2D eigenvalue weighted by molar-refractivity contribution is -0.121. The molecule has 1 N–H and O–H groups in total.